The molecular weight excluding hydrogens is 411 g/mol. The Balaban J connectivity index is 1.65. The van der Waals surface area contributed by atoms with Gasteiger partial charge in [-0.05, 0) is 47.5 Å². The number of hydrogen-bond acceptors (Lipinski definition) is 5. The van der Waals surface area contributed by atoms with Gasteiger partial charge in [0.05, 0.1) is 5.56 Å². The Labute approximate surface area is 174 Å². The van der Waals surface area contributed by atoms with E-state index < -0.39 is 17.6 Å². The van der Waals surface area contributed by atoms with Gasteiger partial charge in [0.2, 0.25) is 5.82 Å². The van der Waals surface area contributed by atoms with Crippen molar-refractivity contribution in [3.05, 3.63) is 59.2 Å². The van der Waals surface area contributed by atoms with Crippen LogP contribution in [0, 0.1) is 0 Å². The van der Waals surface area contributed by atoms with Gasteiger partial charge in [-0.15, -0.1) is 10.2 Å². The van der Waals surface area contributed by atoms with Gasteiger partial charge in [0, 0.05) is 23.7 Å². The minimum Gasteiger partial charge on any atom is -0.453 e. The third kappa shape index (κ3) is 4.00. The summed E-state index contributed by atoms with van der Waals surface area (Å²) in [5.41, 5.74) is 0.344. The second-order valence-corrected chi connectivity index (χ2v) is 7.05. The predicted molar refractivity (Wildman–Crippen MR) is 108 cm³/mol. The quantitative estimate of drug-likeness (QED) is 0.490. The van der Waals surface area contributed by atoms with Crippen molar-refractivity contribution in [2.45, 2.75) is 25.9 Å². The van der Waals surface area contributed by atoms with Gasteiger partial charge in [-0.25, -0.2) is 0 Å². The maximum absolute atomic E-state index is 13.5. The van der Waals surface area contributed by atoms with E-state index in [4.69, 9.17) is 4.42 Å². The van der Waals surface area contributed by atoms with Crippen LogP contribution in [0.15, 0.2) is 46.9 Å². The van der Waals surface area contributed by atoms with Crippen LogP contribution in [-0.4, -0.2) is 33.6 Å². The van der Waals surface area contributed by atoms with E-state index in [1.807, 2.05) is 6.92 Å². The minimum atomic E-state index is -4.50. The molecule has 0 saturated carbocycles. The number of rotatable bonds is 5. The van der Waals surface area contributed by atoms with E-state index in [2.05, 4.69) is 20.6 Å². The van der Waals surface area contributed by atoms with E-state index in [-0.39, 0.29) is 22.6 Å². The highest BCUT2D eigenvalue weighted by Crippen LogP contribution is 2.35. The van der Waals surface area contributed by atoms with Crippen LogP contribution in [0.4, 0.5) is 18.9 Å². The number of alkyl halides is 3. The molecule has 0 saturated heterocycles. The lowest BCUT2D eigenvalue weighted by Gasteiger charge is -2.21. The van der Waals surface area contributed by atoms with E-state index in [1.165, 1.54) is 30.1 Å². The van der Waals surface area contributed by atoms with Gasteiger partial charge in [0.1, 0.15) is 5.58 Å². The zero-order valence-electron chi connectivity index (χ0n) is 16.7. The molecule has 1 N–H and O–H groups in total. The van der Waals surface area contributed by atoms with Crippen LogP contribution >= 0.6 is 0 Å². The van der Waals surface area contributed by atoms with Gasteiger partial charge < -0.3 is 9.32 Å². The number of fused-ring (bicyclic) bond motifs is 1. The Hall–Kier alpha value is -3.69. The number of halogens is 3. The number of amides is 1. The topological polar surface area (TPSA) is 87.9 Å². The SMILES string of the molecule is CCCc1ccc(N(C)C(=O)c2ccc3cc(-c4nn[nH]n4)oc3c2)cc1C(F)(F)F. The highest BCUT2D eigenvalue weighted by Gasteiger charge is 2.34. The molecule has 2 aromatic carbocycles. The molecule has 2 aromatic heterocycles. The smallest absolute Gasteiger partial charge is 0.416 e. The first-order valence-electron chi connectivity index (χ1n) is 9.53. The first kappa shape index (κ1) is 20.6. The Kier molecular flexibility index (Phi) is 5.22. The zero-order chi connectivity index (χ0) is 22.2. The molecule has 0 aliphatic carbocycles. The number of anilines is 1. The second kappa shape index (κ2) is 7.86. The summed E-state index contributed by atoms with van der Waals surface area (Å²) >= 11 is 0. The van der Waals surface area contributed by atoms with Crippen LogP contribution in [0.2, 0.25) is 0 Å². The van der Waals surface area contributed by atoms with Crippen LogP contribution in [0.25, 0.3) is 22.6 Å². The molecule has 0 atom stereocenters. The summed E-state index contributed by atoms with van der Waals surface area (Å²) in [4.78, 5) is 14.1. The number of carbonyl (C=O) groups is 1. The average Bonchev–Trinajstić information content (AvgIpc) is 3.41. The Morgan fingerprint density at radius 3 is 2.65 bits per heavy atom. The number of hydrogen-bond donors (Lipinski definition) is 1. The molecule has 0 aliphatic heterocycles. The van der Waals surface area contributed by atoms with Gasteiger partial charge >= 0.3 is 6.18 Å². The van der Waals surface area contributed by atoms with Crippen LogP contribution in [0.3, 0.4) is 0 Å². The minimum absolute atomic E-state index is 0.157. The van der Waals surface area contributed by atoms with Crippen molar-refractivity contribution in [3.8, 4) is 11.6 Å². The number of benzene rings is 2. The lowest BCUT2D eigenvalue weighted by Crippen LogP contribution is -2.26. The molecule has 0 aliphatic rings. The monoisotopic (exact) mass is 429 g/mol. The standard InChI is InChI=1S/C21H18F3N5O2/c1-3-4-12-7-8-15(11-16(12)21(22,23)24)29(2)20(30)14-6-5-13-9-18(31-17(13)10-14)19-25-27-28-26-19/h5-11H,3-4H2,1-2H3,(H,25,26,27,28). The molecule has 0 fully saturated rings. The highest BCUT2D eigenvalue weighted by molar-refractivity contribution is 6.07. The number of carbonyl (C=O) groups excluding carboxylic acids is 1. The molecule has 0 bridgehead atoms. The van der Waals surface area contributed by atoms with Crippen LogP contribution in [0.1, 0.15) is 34.8 Å². The van der Waals surface area contributed by atoms with Crippen molar-refractivity contribution < 1.29 is 22.4 Å². The molecule has 10 heteroatoms. The third-order valence-electron chi connectivity index (χ3n) is 4.94. The molecule has 160 valence electrons. The second-order valence-electron chi connectivity index (χ2n) is 7.05. The van der Waals surface area contributed by atoms with E-state index in [9.17, 15) is 18.0 Å². The number of aryl methyl sites for hydroxylation is 1. The van der Waals surface area contributed by atoms with Crippen LogP contribution < -0.4 is 4.90 Å². The lowest BCUT2D eigenvalue weighted by atomic mass is 10.0. The Morgan fingerprint density at radius 2 is 1.97 bits per heavy atom. The summed E-state index contributed by atoms with van der Waals surface area (Å²) < 4.78 is 46.2. The molecular formula is C21H18F3N5O2. The van der Waals surface area contributed by atoms with Crippen molar-refractivity contribution in [2.75, 3.05) is 11.9 Å². The predicted octanol–water partition coefficient (Wildman–Crippen LogP) is 4.86. The molecule has 1 amide bonds. The lowest BCUT2D eigenvalue weighted by molar-refractivity contribution is -0.138. The molecule has 7 nitrogen and oxygen atoms in total. The molecule has 4 aromatic rings. The zero-order valence-corrected chi connectivity index (χ0v) is 16.7. The summed E-state index contributed by atoms with van der Waals surface area (Å²) in [6.07, 6.45) is -3.60. The Bertz CT molecular complexity index is 1230. The van der Waals surface area contributed by atoms with Crippen molar-refractivity contribution in [3.63, 3.8) is 0 Å². The van der Waals surface area contributed by atoms with E-state index in [0.717, 1.165) is 11.5 Å². The van der Waals surface area contributed by atoms with E-state index in [1.54, 1.807) is 18.2 Å². The van der Waals surface area contributed by atoms with Gasteiger partial charge in [0.15, 0.2) is 5.76 Å². The average molecular weight is 429 g/mol. The van der Waals surface area contributed by atoms with Crippen molar-refractivity contribution in [1.29, 1.82) is 0 Å². The van der Waals surface area contributed by atoms with Gasteiger partial charge in [-0.1, -0.05) is 25.5 Å². The largest absolute Gasteiger partial charge is 0.453 e. The van der Waals surface area contributed by atoms with E-state index >= 15 is 0 Å². The molecule has 4 rings (SSSR count). The van der Waals surface area contributed by atoms with Gasteiger partial charge in [-0.2, -0.15) is 18.4 Å². The number of H-pyrrole nitrogens is 1. The van der Waals surface area contributed by atoms with Crippen LogP contribution in [0.5, 0.6) is 0 Å². The number of aromatic nitrogens is 4. The number of nitrogens with one attached hydrogen (secondary N) is 1. The number of aromatic amines is 1. The molecule has 2 heterocycles. The molecule has 31 heavy (non-hydrogen) atoms. The first-order valence-corrected chi connectivity index (χ1v) is 9.53. The fourth-order valence-corrected chi connectivity index (χ4v) is 3.38. The first-order chi connectivity index (χ1) is 14.8. The molecule has 0 radical (unpaired) electrons. The number of nitrogens with zero attached hydrogens (tertiary/aromatic N) is 4. The van der Waals surface area contributed by atoms with Crippen molar-refractivity contribution in [2.24, 2.45) is 0 Å². The fraction of sp³-hybridized carbons (Fsp3) is 0.238. The number of furan rings is 1. The highest BCUT2D eigenvalue weighted by atomic mass is 19.4. The Morgan fingerprint density at radius 1 is 1.16 bits per heavy atom. The summed E-state index contributed by atoms with van der Waals surface area (Å²) in [5.74, 6) is 0.187. The summed E-state index contributed by atoms with van der Waals surface area (Å²) in [7, 11) is 1.44. The molecule has 0 unspecified atom stereocenters. The van der Waals surface area contributed by atoms with Crippen molar-refractivity contribution >= 4 is 22.6 Å². The number of tetrazole rings is 1. The fourth-order valence-electron chi connectivity index (χ4n) is 3.38. The van der Waals surface area contributed by atoms with Gasteiger partial charge in [0.25, 0.3) is 5.91 Å². The summed E-state index contributed by atoms with van der Waals surface area (Å²) in [6.45, 7) is 1.82. The van der Waals surface area contributed by atoms with Crippen LogP contribution in [-0.2, 0) is 12.6 Å². The molecule has 0 spiro atoms. The normalized spacial score (nSPS) is 11.8. The maximum atomic E-state index is 13.5. The summed E-state index contributed by atoms with van der Waals surface area (Å²) in [5, 5.41) is 14.2. The van der Waals surface area contributed by atoms with E-state index in [0.29, 0.717) is 24.2 Å². The van der Waals surface area contributed by atoms with Gasteiger partial charge in [-0.3, -0.25) is 4.79 Å². The maximum Gasteiger partial charge on any atom is 0.416 e. The third-order valence-corrected chi connectivity index (χ3v) is 4.94. The summed E-state index contributed by atoms with van der Waals surface area (Å²) in [6, 6.07) is 10.5. The van der Waals surface area contributed by atoms with Crippen molar-refractivity contribution in [1.82, 2.24) is 20.6 Å².